The summed E-state index contributed by atoms with van der Waals surface area (Å²) in [6.45, 7) is 4.14. The van der Waals surface area contributed by atoms with E-state index in [-0.39, 0.29) is 6.04 Å². The molecule has 19 heavy (non-hydrogen) atoms. The molecule has 0 aromatic carbocycles. The van der Waals surface area contributed by atoms with E-state index < -0.39 is 0 Å². The summed E-state index contributed by atoms with van der Waals surface area (Å²) < 4.78 is 0. The lowest BCUT2D eigenvalue weighted by atomic mass is 10.0. The predicted octanol–water partition coefficient (Wildman–Crippen LogP) is 1.72. The number of pyridine rings is 1. The Morgan fingerprint density at radius 1 is 1.26 bits per heavy atom. The normalized spacial score (nSPS) is 18.3. The van der Waals surface area contributed by atoms with Crippen LogP contribution in [0.5, 0.6) is 0 Å². The number of rotatable bonds is 3. The molecule has 3 heterocycles. The number of nitrogens with zero attached hydrogens (tertiary/aromatic N) is 2. The van der Waals surface area contributed by atoms with Gasteiger partial charge < -0.3 is 11.1 Å². The second-order valence-electron chi connectivity index (χ2n) is 4.68. The van der Waals surface area contributed by atoms with Gasteiger partial charge in [0.2, 0.25) is 0 Å². The molecule has 0 amide bonds. The monoisotopic (exact) mass is 274 g/mol. The van der Waals surface area contributed by atoms with Crippen LogP contribution >= 0.6 is 11.3 Å². The lowest BCUT2D eigenvalue weighted by molar-refractivity contribution is 0.201. The van der Waals surface area contributed by atoms with Crippen molar-refractivity contribution in [3.63, 3.8) is 0 Å². The molecule has 1 fully saturated rings. The van der Waals surface area contributed by atoms with Gasteiger partial charge in [0.15, 0.2) is 0 Å². The Morgan fingerprint density at radius 2 is 2.11 bits per heavy atom. The molecule has 3 rings (SSSR count). The van der Waals surface area contributed by atoms with Crippen LogP contribution in [0.25, 0.3) is 0 Å². The summed E-state index contributed by atoms with van der Waals surface area (Å²) in [6.07, 6.45) is 1.75. The van der Waals surface area contributed by atoms with Crippen LogP contribution in [0, 0.1) is 0 Å². The number of hydrogen-bond acceptors (Lipinski definition) is 5. The summed E-state index contributed by atoms with van der Waals surface area (Å²) in [6, 6.07) is 8.57. The average molecular weight is 274 g/mol. The zero-order chi connectivity index (χ0) is 13.1. The van der Waals surface area contributed by atoms with Crippen LogP contribution in [0.1, 0.15) is 16.5 Å². The Hall–Kier alpha value is -1.43. The number of aromatic nitrogens is 1. The van der Waals surface area contributed by atoms with E-state index in [0.717, 1.165) is 31.7 Å². The molecule has 0 saturated carbocycles. The van der Waals surface area contributed by atoms with Crippen LogP contribution < -0.4 is 11.1 Å². The first-order valence-electron chi connectivity index (χ1n) is 6.55. The number of piperazine rings is 1. The maximum absolute atomic E-state index is 6.09. The summed E-state index contributed by atoms with van der Waals surface area (Å²) in [7, 11) is 0. The van der Waals surface area contributed by atoms with Gasteiger partial charge in [-0.2, -0.15) is 0 Å². The van der Waals surface area contributed by atoms with Crippen LogP contribution in [-0.2, 0) is 0 Å². The molecular formula is C14H18N4S. The predicted molar refractivity (Wildman–Crippen MR) is 79.3 cm³/mol. The quantitative estimate of drug-likeness (QED) is 0.895. The number of anilines is 1. The van der Waals surface area contributed by atoms with Gasteiger partial charge in [0, 0.05) is 42.8 Å². The van der Waals surface area contributed by atoms with Gasteiger partial charge in [-0.25, -0.2) is 4.98 Å². The topological polar surface area (TPSA) is 54.2 Å². The minimum absolute atomic E-state index is 0.232. The molecule has 0 spiro atoms. The number of nitrogen functional groups attached to an aromatic ring is 1. The summed E-state index contributed by atoms with van der Waals surface area (Å²) in [5.41, 5.74) is 7.20. The van der Waals surface area contributed by atoms with Gasteiger partial charge in [0.05, 0.1) is 6.04 Å². The van der Waals surface area contributed by atoms with Crippen molar-refractivity contribution >= 4 is 17.2 Å². The molecule has 3 N–H and O–H groups in total. The summed E-state index contributed by atoms with van der Waals surface area (Å²) in [4.78, 5) is 8.06. The van der Waals surface area contributed by atoms with Crippen molar-refractivity contribution in [3.8, 4) is 0 Å². The zero-order valence-electron chi connectivity index (χ0n) is 10.7. The van der Waals surface area contributed by atoms with Crippen molar-refractivity contribution in [1.29, 1.82) is 0 Å². The highest BCUT2D eigenvalue weighted by Crippen LogP contribution is 2.33. The fourth-order valence-corrected chi connectivity index (χ4v) is 3.45. The summed E-state index contributed by atoms with van der Waals surface area (Å²) in [5, 5.41) is 5.52. The van der Waals surface area contributed by atoms with Gasteiger partial charge in [-0.1, -0.05) is 12.1 Å². The number of nitrogens with one attached hydrogen (secondary N) is 1. The molecule has 1 saturated heterocycles. The van der Waals surface area contributed by atoms with E-state index in [4.69, 9.17) is 5.73 Å². The molecule has 0 unspecified atom stereocenters. The SMILES string of the molecule is Nc1ncccc1[C@H](c1cccs1)N1CCNCC1. The van der Waals surface area contributed by atoms with E-state index in [0.29, 0.717) is 5.82 Å². The number of nitrogens with two attached hydrogens (primary N) is 1. The van der Waals surface area contributed by atoms with Crippen molar-refractivity contribution < 1.29 is 0 Å². The molecule has 2 aromatic heterocycles. The highest BCUT2D eigenvalue weighted by molar-refractivity contribution is 7.10. The lowest BCUT2D eigenvalue weighted by Crippen LogP contribution is -2.45. The van der Waals surface area contributed by atoms with Crippen molar-refractivity contribution in [2.75, 3.05) is 31.9 Å². The fraction of sp³-hybridized carbons (Fsp3) is 0.357. The van der Waals surface area contributed by atoms with Crippen LogP contribution in [0.15, 0.2) is 35.8 Å². The Balaban J connectivity index is 1.99. The van der Waals surface area contributed by atoms with Crippen molar-refractivity contribution in [1.82, 2.24) is 15.2 Å². The summed E-state index contributed by atoms with van der Waals surface area (Å²) >= 11 is 1.78. The first-order chi connectivity index (χ1) is 9.36. The van der Waals surface area contributed by atoms with E-state index >= 15 is 0 Å². The fourth-order valence-electron chi connectivity index (χ4n) is 2.58. The first-order valence-corrected chi connectivity index (χ1v) is 7.43. The number of hydrogen-bond donors (Lipinski definition) is 2. The highest BCUT2D eigenvalue weighted by Gasteiger charge is 2.26. The third kappa shape index (κ3) is 2.63. The Morgan fingerprint density at radius 3 is 2.79 bits per heavy atom. The molecule has 0 radical (unpaired) electrons. The Bertz CT molecular complexity index is 520. The van der Waals surface area contributed by atoms with Crippen LogP contribution in [0.2, 0.25) is 0 Å². The van der Waals surface area contributed by atoms with Gasteiger partial charge >= 0.3 is 0 Å². The molecule has 0 aliphatic carbocycles. The molecule has 0 bridgehead atoms. The standard InChI is InChI=1S/C14H18N4S/c15-14-11(3-1-5-17-14)13(12-4-2-10-19-12)18-8-6-16-7-9-18/h1-5,10,13,16H,6-9H2,(H2,15,17)/t13-/m1/s1. The van der Waals surface area contributed by atoms with E-state index in [1.165, 1.54) is 4.88 Å². The van der Waals surface area contributed by atoms with Gasteiger partial charge in [-0.3, -0.25) is 4.90 Å². The third-order valence-electron chi connectivity index (χ3n) is 3.50. The molecule has 100 valence electrons. The highest BCUT2D eigenvalue weighted by atomic mass is 32.1. The van der Waals surface area contributed by atoms with Gasteiger partial charge in [0.1, 0.15) is 5.82 Å². The van der Waals surface area contributed by atoms with E-state index in [2.05, 4.69) is 38.8 Å². The zero-order valence-corrected chi connectivity index (χ0v) is 11.6. The van der Waals surface area contributed by atoms with Gasteiger partial charge in [-0.05, 0) is 17.5 Å². The second kappa shape index (κ2) is 5.69. The number of thiophene rings is 1. The summed E-state index contributed by atoms with van der Waals surface area (Å²) in [5.74, 6) is 0.638. The minimum Gasteiger partial charge on any atom is -0.383 e. The van der Waals surface area contributed by atoms with Crippen molar-refractivity contribution in [3.05, 3.63) is 46.3 Å². The molecular weight excluding hydrogens is 256 g/mol. The molecule has 1 atom stereocenters. The van der Waals surface area contributed by atoms with Gasteiger partial charge in [-0.15, -0.1) is 11.3 Å². The van der Waals surface area contributed by atoms with Crippen LogP contribution in [0.3, 0.4) is 0 Å². The Labute approximate surface area is 117 Å². The smallest absolute Gasteiger partial charge is 0.128 e. The molecule has 5 heteroatoms. The molecule has 4 nitrogen and oxygen atoms in total. The van der Waals surface area contributed by atoms with E-state index in [1.54, 1.807) is 17.5 Å². The first kappa shape index (κ1) is 12.6. The van der Waals surface area contributed by atoms with Crippen LogP contribution in [-0.4, -0.2) is 36.1 Å². The van der Waals surface area contributed by atoms with Gasteiger partial charge in [0.25, 0.3) is 0 Å². The molecule has 1 aliphatic heterocycles. The maximum atomic E-state index is 6.09. The lowest BCUT2D eigenvalue weighted by Gasteiger charge is -2.35. The van der Waals surface area contributed by atoms with Crippen molar-refractivity contribution in [2.24, 2.45) is 0 Å². The minimum atomic E-state index is 0.232. The largest absolute Gasteiger partial charge is 0.383 e. The second-order valence-corrected chi connectivity index (χ2v) is 5.66. The third-order valence-corrected chi connectivity index (χ3v) is 4.42. The van der Waals surface area contributed by atoms with E-state index in [9.17, 15) is 0 Å². The molecule has 2 aromatic rings. The maximum Gasteiger partial charge on any atom is 0.128 e. The van der Waals surface area contributed by atoms with E-state index in [1.807, 2.05) is 6.07 Å². The average Bonchev–Trinajstić information content (AvgIpc) is 2.96. The Kier molecular flexibility index (Phi) is 3.77. The van der Waals surface area contributed by atoms with Crippen molar-refractivity contribution in [2.45, 2.75) is 6.04 Å². The van der Waals surface area contributed by atoms with Crippen LogP contribution in [0.4, 0.5) is 5.82 Å². The molecule has 1 aliphatic rings.